The molecule has 0 radical (unpaired) electrons. The molecule has 0 spiro atoms. The highest BCUT2D eigenvalue weighted by Crippen LogP contribution is 2.45. The zero-order valence-electron chi connectivity index (χ0n) is 22.3. The van der Waals surface area contributed by atoms with Gasteiger partial charge in [0.15, 0.2) is 0 Å². The second-order valence-corrected chi connectivity index (χ2v) is 13.0. The highest BCUT2D eigenvalue weighted by molar-refractivity contribution is 7.99. The fourth-order valence-electron chi connectivity index (χ4n) is 3.53. The van der Waals surface area contributed by atoms with E-state index in [0.717, 1.165) is 26.7 Å². The van der Waals surface area contributed by atoms with E-state index in [4.69, 9.17) is 30.9 Å². The van der Waals surface area contributed by atoms with Gasteiger partial charge in [0.25, 0.3) is 0 Å². The van der Waals surface area contributed by atoms with Crippen molar-refractivity contribution >= 4 is 37.1 Å². The van der Waals surface area contributed by atoms with E-state index in [2.05, 4.69) is 5.32 Å². The maximum absolute atomic E-state index is 14.0. The molecule has 0 aliphatic carbocycles. The minimum atomic E-state index is -5.10. The summed E-state index contributed by atoms with van der Waals surface area (Å²) in [5.41, 5.74) is -0.621. The molecule has 1 amide bonds. The molecule has 0 saturated carbocycles. The number of rotatable bonds is 11. The van der Waals surface area contributed by atoms with E-state index < -0.39 is 30.9 Å². The van der Waals surface area contributed by atoms with Crippen LogP contribution in [0.25, 0.3) is 0 Å². The fourth-order valence-corrected chi connectivity index (χ4v) is 5.15. The van der Waals surface area contributed by atoms with Gasteiger partial charge >= 0.3 is 13.7 Å². The van der Waals surface area contributed by atoms with Crippen LogP contribution < -0.4 is 10.1 Å². The zero-order valence-corrected chi connectivity index (χ0v) is 24.8. The van der Waals surface area contributed by atoms with E-state index in [1.54, 1.807) is 26.8 Å². The summed E-state index contributed by atoms with van der Waals surface area (Å²) < 4.78 is 36.4. The molecular weight excluding hydrogens is 576 g/mol. The van der Waals surface area contributed by atoms with Crippen LogP contribution in [0.15, 0.2) is 94.2 Å². The number of benzene rings is 3. The Kier molecular flexibility index (Phi) is 11.3. The summed E-state index contributed by atoms with van der Waals surface area (Å²) in [5, 5.41) is 2.93. The second kappa shape index (κ2) is 14.2. The van der Waals surface area contributed by atoms with Crippen LogP contribution in [0.3, 0.4) is 0 Å². The highest BCUT2D eigenvalue weighted by atomic mass is 35.5. The van der Waals surface area contributed by atoms with Crippen molar-refractivity contribution in [2.75, 3.05) is 0 Å². The Balaban J connectivity index is 1.65. The van der Waals surface area contributed by atoms with Crippen molar-refractivity contribution in [3.8, 4) is 5.75 Å². The lowest BCUT2D eigenvalue weighted by Crippen LogP contribution is -2.38. The predicted molar refractivity (Wildman–Crippen MR) is 156 cm³/mol. The van der Waals surface area contributed by atoms with Gasteiger partial charge in [0.05, 0.1) is 6.04 Å². The number of hydrogen-bond acceptors (Lipinski definition) is 5. The molecule has 0 saturated heterocycles. The van der Waals surface area contributed by atoms with E-state index >= 15 is 0 Å². The molecule has 0 aromatic heterocycles. The summed E-state index contributed by atoms with van der Waals surface area (Å²) in [6.45, 7) is 5.47. The van der Waals surface area contributed by atoms with Crippen LogP contribution in [0, 0.1) is 0 Å². The lowest BCUT2D eigenvalue weighted by atomic mass is 10.1. The number of amides is 1. The quantitative estimate of drug-likeness (QED) is 0.190. The monoisotopic (exact) mass is 607 g/mol. The summed E-state index contributed by atoms with van der Waals surface area (Å²) in [6, 6.07) is 22.1. The smallest absolute Gasteiger partial charge is 0.408 e. The molecule has 0 bridgehead atoms. The molecule has 3 N–H and O–H groups in total. The fraction of sp³-hybridized carbons (Fsp3) is 0.276. The van der Waals surface area contributed by atoms with Gasteiger partial charge in [0.2, 0.25) is 5.57 Å². The van der Waals surface area contributed by atoms with Crippen molar-refractivity contribution in [1.29, 1.82) is 0 Å². The number of alkyl carbamates (subject to hydrolysis) is 1. The van der Waals surface area contributed by atoms with Crippen LogP contribution in [0.4, 0.5) is 9.18 Å². The Labute approximate surface area is 242 Å². The van der Waals surface area contributed by atoms with Gasteiger partial charge in [-0.2, -0.15) is 4.39 Å². The third-order valence-corrected chi connectivity index (χ3v) is 7.39. The number of nitrogens with one attached hydrogen (secondary N) is 1. The van der Waals surface area contributed by atoms with Crippen molar-refractivity contribution in [1.82, 2.24) is 5.32 Å². The van der Waals surface area contributed by atoms with Gasteiger partial charge in [0, 0.05) is 14.8 Å². The average molecular weight is 608 g/mol. The molecular formula is C29H32ClFNO6PS. The molecule has 3 rings (SSSR count). The first kappa shape index (κ1) is 31.7. The number of carbonyl (C=O) groups excluding carboxylic acids is 1. The SMILES string of the molecule is CC(C)(C)OC(=O)NC(C=C(F)P(=O)(O)O)CCc1ccc(Sc2cccc(OCc3ccccc3)c2)cc1Cl. The largest absolute Gasteiger partial charge is 0.489 e. The molecule has 7 nitrogen and oxygen atoms in total. The molecule has 3 aromatic carbocycles. The van der Waals surface area contributed by atoms with Crippen LogP contribution in [0.2, 0.25) is 5.02 Å². The molecule has 3 aromatic rings. The van der Waals surface area contributed by atoms with E-state index in [9.17, 15) is 13.8 Å². The average Bonchev–Trinajstić information content (AvgIpc) is 2.86. The Bertz CT molecular complexity index is 1380. The molecule has 0 heterocycles. The van der Waals surface area contributed by atoms with Gasteiger partial charge in [-0.1, -0.05) is 65.8 Å². The Morgan fingerprint density at radius 2 is 1.77 bits per heavy atom. The van der Waals surface area contributed by atoms with Crippen LogP contribution in [0.1, 0.15) is 38.3 Å². The minimum absolute atomic E-state index is 0.125. The lowest BCUT2D eigenvalue weighted by Gasteiger charge is -2.22. The van der Waals surface area contributed by atoms with Crippen molar-refractivity contribution in [3.05, 3.63) is 101 Å². The molecule has 0 aliphatic rings. The molecule has 0 aliphatic heterocycles. The Hall–Kier alpha value is -2.81. The van der Waals surface area contributed by atoms with E-state index in [1.165, 1.54) is 11.8 Å². The van der Waals surface area contributed by atoms with E-state index in [0.29, 0.717) is 24.1 Å². The third-order valence-electron chi connectivity index (χ3n) is 5.36. The molecule has 11 heteroatoms. The third kappa shape index (κ3) is 11.0. The van der Waals surface area contributed by atoms with Gasteiger partial charge in [-0.3, -0.25) is 4.57 Å². The normalized spacial score (nSPS) is 13.0. The molecule has 1 unspecified atom stereocenters. The maximum atomic E-state index is 14.0. The van der Waals surface area contributed by atoms with Crippen molar-refractivity contribution in [2.24, 2.45) is 0 Å². The summed E-state index contributed by atoms with van der Waals surface area (Å²) >= 11 is 8.05. The summed E-state index contributed by atoms with van der Waals surface area (Å²) in [5.74, 6) is 0.746. The van der Waals surface area contributed by atoms with Crippen LogP contribution in [-0.4, -0.2) is 27.5 Å². The topological polar surface area (TPSA) is 105 Å². The molecule has 214 valence electrons. The number of ether oxygens (including phenoxy) is 2. The Morgan fingerprint density at radius 3 is 2.42 bits per heavy atom. The first-order valence-electron chi connectivity index (χ1n) is 12.4. The summed E-state index contributed by atoms with van der Waals surface area (Å²) in [6.07, 6.45) is 0.299. The van der Waals surface area contributed by atoms with Crippen LogP contribution >= 0.6 is 31.0 Å². The van der Waals surface area contributed by atoms with Crippen molar-refractivity contribution in [2.45, 2.75) is 61.7 Å². The van der Waals surface area contributed by atoms with Gasteiger partial charge in [-0.15, -0.1) is 0 Å². The van der Waals surface area contributed by atoms with Gasteiger partial charge < -0.3 is 24.6 Å². The van der Waals surface area contributed by atoms with E-state index in [-0.39, 0.29) is 6.42 Å². The van der Waals surface area contributed by atoms with Gasteiger partial charge in [0.1, 0.15) is 18.0 Å². The number of aryl methyl sites for hydroxylation is 1. The van der Waals surface area contributed by atoms with Crippen molar-refractivity contribution < 1.29 is 33.0 Å². The standard InChI is InChI=1S/C29H32ClFNO6PS/c1-29(2,3)38-28(33)32-22(16-27(31)39(34,35)36)14-12-21-13-15-25(18-26(21)30)40-24-11-7-10-23(17-24)37-19-20-8-5-4-6-9-20/h4-11,13,15-18,22H,12,14,19H2,1-3H3,(H,32,33)(H2,34,35,36). The first-order valence-corrected chi connectivity index (χ1v) is 15.3. The second-order valence-electron chi connectivity index (χ2n) is 9.93. The first-order chi connectivity index (χ1) is 18.8. The van der Waals surface area contributed by atoms with E-state index in [1.807, 2.05) is 66.7 Å². The Morgan fingerprint density at radius 1 is 1.07 bits per heavy atom. The van der Waals surface area contributed by atoms with Crippen molar-refractivity contribution in [3.63, 3.8) is 0 Å². The molecule has 1 atom stereocenters. The number of halogens is 2. The predicted octanol–water partition coefficient (Wildman–Crippen LogP) is 7.88. The summed E-state index contributed by atoms with van der Waals surface area (Å²) in [4.78, 5) is 32.3. The maximum Gasteiger partial charge on any atom is 0.408 e. The minimum Gasteiger partial charge on any atom is -0.489 e. The number of carbonyl (C=O) groups is 1. The highest BCUT2D eigenvalue weighted by Gasteiger charge is 2.25. The lowest BCUT2D eigenvalue weighted by molar-refractivity contribution is 0.0512. The molecule has 40 heavy (non-hydrogen) atoms. The van der Waals surface area contributed by atoms with Gasteiger partial charge in [-0.25, -0.2) is 4.79 Å². The molecule has 0 fully saturated rings. The zero-order chi connectivity index (χ0) is 29.3. The van der Waals surface area contributed by atoms with Gasteiger partial charge in [-0.05, 0) is 81.1 Å². The van der Waals surface area contributed by atoms with Crippen LogP contribution in [0.5, 0.6) is 5.75 Å². The number of hydrogen-bond donors (Lipinski definition) is 3. The summed E-state index contributed by atoms with van der Waals surface area (Å²) in [7, 11) is -5.10. The van der Waals surface area contributed by atoms with Crippen LogP contribution in [-0.2, 0) is 22.3 Å².